The predicted octanol–water partition coefficient (Wildman–Crippen LogP) is 2.00. The summed E-state index contributed by atoms with van der Waals surface area (Å²) in [7, 11) is 1.69. The smallest absolute Gasteiger partial charge is 0.0589 e. The van der Waals surface area contributed by atoms with Gasteiger partial charge in [0.05, 0.1) is 13.2 Å². The van der Waals surface area contributed by atoms with Crippen LogP contribution in [0.5, 0.6) is 0 Å². The minimum absolute atomic E-state index is 0. The standard InChI is InChI=1S/C9H21NO2.2CH4/c1-9(2,3)10(5-7-11)6-8-12-4;;/h11H,5-8H2,1-4H3;2*1H4. The van der Waals surface area contributed by atoms with Gasteiger partial charge in [0.1, 0.15) is 0 Å². The first-order valence-electron chi connectivity index (χ1n) is 4.37. The summed E-state index contributed by atoms with van der Waals surface area (Å²) in [6.07, 6.45) is 0. The van der Waals surface area contributed by atoms with E-state index in [9.17, 15) is 0 Å². The van der Waals surface area contributed by atoms with Gasteiger partial charge in [-0.25, -0.2) is 0 Å². The molecule has 0 aliphatic carbocycles. The minimum Gasteiger partial charge on any atom is -0.395 e. The van der Waals surface area contributed by atoms with E-state index in [0.29, 0.717) is 6.54 Å². The van der Waals surface area contributed by atoms with Gasteiger partial charge in [-0.3, -0.25) is 4.90 Å². The van der Waals surface area contributed by atoms with E-state index in [0.717, 1.165) is 13.2 Å². The van der Waals surface area contributed by atoms with Crippen LogP contribution in [0.4, 0.5) is 0 Å². The van der Waals surface area contributed by atoms with Crippen LogP contribution in [0.15, 0.2) is 0 Å². The van der Waals surface area contributed by atoms with Crippen molar-refractivity contribution in [2.75, 3.05) is 33.4 Å². The van der Waals surface area contributed by atoms with Gasteiger partial charge < -0.3 is 9.84 Å². The van der Waals surface area contributed by atoms with Crippen LogP contribution in [0.2, 0.25) is 0 Å². The molecular formula is C11H29NO2. The third kappa shape index (κ3) is 8.48. The molecule has 0 bridgehead atoms. The second-order valence-corrected chi connectivity index (χ2v) is 3.87. The van der Waals surface area contributed by atoms with Crippen molar-refractivity contribution < 1.29 is 9.84 Å². The summed E-state index contributed by atoms with van der Waals surface area (Å²) in [6, 6.07) is 0. The van der Waals surface area contributed by atoms with Crippen LogP contribution in [-0.4, -0.2) is 49.0 Å². The van der Waals surface area contributed by atoms with Gasteiger partial charge in [0.15, 0.2) is 0 Å². The Hall–Kier alpha value is -0.120. The third-order valence-electron chi connectivity index (χ3n) is 1.88. The van der Waals surface area contributed by atoms with Crippen LogP contribution < -0.4 is 0 Å². The van der Waals surface area contributed by atoms with E-state index >= 15 is 0 Å². The van der Waals surface area contributed by atoms with Gasteiger partial charge >= 0.3 is 0 Å². The van der Waals surface area contributed by atoms with Crippen LogP contribution in [0.1, 0.15) is 35.6 Å². The molecule has 1 N–H and O–H groups in total. The molecule has 0 aromatic heterocycles. The topological polar surface area (TPSA) is 32.7 Å². The minimum atomic E-state index is 0. The molecule has 3 heteroatoms. The fraction of sp³-hybridized carbons (Fsp3) is 1.00. The molecule has 90 valence electrons. The van der Waals surface area contributed by atoms with E-state index < -0.39 is 0 Å². The van der Waals surface area contributed by atoms with Crippen molar-refractivity contribution in [2.45, 2.75) is 41.2 Å². The highest BCUT2D eigenvalue weighted by atomic mass is 16.5. The van der Waals surface area contributed by atoms with Gasteiger partial charge in [-0.1, -0.05) is 14.9 Å². The quantitative estimate of drug-likeness (QED) is 0.748. The molecule has 0 aromatic carbocycles. The van der Waals surface area contributed by atoms with Gasteiger partial charge in [0.2, 0.25) is 0 Å². The van der Waals surface area contributed by atoms with Crippen molar-refractivity contribution in [2.24, 2.45) is 0 Å². The average molecular weight is 207 g/mol. The summed E-state index contributed by atoms with van der Waals surface area (Å²) in [5, 5.41) is 8.82. The Bertz CT molecular complexity index is 110. The number of ether oxygens (including phenoxy) is 1. The number of nitrogens with zero attached hydrogens (tertiary/aromatic N) is 1. The zero-order valence-electron chi connectivity index (χ0n) is 8.63. The summed E-state index contributed by atoms with van der Waals surface area (Å²) in [5.74, 6) is 0. The lowest BCUT2D eigenvalue weighted by Crippen LogP contribution is -2.44. The molecular weight excluding hydrogens is 178 g/mol. The van der Waals surface area contributed by atoms with E-state index in [1.807, 2.05) is 0 Å². The molecule has 14 heavy (non-hydrogen) atoms. The molecule has 0 rings (SSSR count). The zero-order valence-corrected chi connectivity index (χ0v) is 8.63. The molecule has 0 aliphatic rings. The van der Waals surface area contributed by atoms with E-state index in [-0.39, 0.29) is 27.0 Å². The lowest BCUT2D eigenvalue weighted by Gasteiger charge is -2.34. The van der Waals surface area contributed by atoms with Crippen LogP contribution in [0.3, 0.4) is 0 Å². The van der Waals surface area contributed by atoms with Gasteiger partial charge in [-0.05, 0) is 20.8 Å². The highest BCUT2D eigenvalue weighted by Gasteiger charge is 2.19. The third-order valence-corrected chi connectivity index (χ3v) is 1.88. The Morgan fingerprint density at radius 3 is 1.93 bits per heavy atom. The van der Waals surface area contributed by atoms with Crippen molar-refractivity contribution in [1.29, 1.82) is 0 Å². The number of aliphatic hydroxyl groups is 1. The van der Waals surface area contributed by atoms with Crippen molar-refractivity contribution >= 4 is 0 Å². The zero-order chi connectivity index (χ0) is 9.61. The average Bonchev–Trinajstić information content (AvgIpc) is 1.95. The molecule has 0 saturated carbocycles. The van der Waals surface area contributed by atoms with E-state index in [2.05, 4.69) is 25.7 Å². The molecule has 0 amide bonds. The number of rotatable bonds is 5. The molecule has 0 fully saturated rings. The predicted molar refractivity (Wildman–Crippen MR) is 63.7 cm³/mol. The molecule has 3 nitrogen and oxygen atoms in total. The number of aliphatic hydroxyl groups excluding tert-OH is 1. The highest BCUT2D eigenvalue weighted by molar-refractivity contribution is 4.75. The largest absolute Gasteiger partial charge is 0.395 e. The first-order valence-corrected chi connectivity index (χ1v) is 4.37. The summed E-state index contributed by atoms with van der Waals surface area (Å²) in [5.41, 5.74) is 0.112. The van der Waals surface area contributed by atoms with Crippen LogP contribution in [0.25, 0.3) is 0 Å². The Labute approximate surface area is 90.1 Å². The van der Waals surface area contributed by atoms with E-state index in [1.54, 1.807) is 7.11 Å². The van der Waals surface area contributed by atoms with E-state index in [4.69, 9.17) is 9.84 Å². The van der Waals surface area contributed by atoms with Crippen LogP contribution in [0, 0.1) is 0 Å². The Kier molecular flexibility index (Phi) is 13.1. The van der Waals surface area contributed by atoms with Crippen molar-refractivity contribution in [3.05, 3.63) is 0 Å². The molecule has 0 aliphatic heterocycles. The fourth-order valence-electron chi connectivity index (χ4n) is 1.10. The number of hydrogen-bond donors (Lipinski definition) is 1. The molecule has 0 unspecified atom stereocenters. The van der Waals surface area contributed by atoms with E-state index in [1.165, 1.54) is 0 Å². The number of hydrogen-bond acceptors (Lipinski definition) is 3. The molecule has 0 atom stereocenters. The van der Waals surface area contributed by atoms with Gasteiger partial charge in [0.25, 0.3) is 0 Å². The van der Waals surface area contributed by atoms with Crippen LogP contribution >= 0.6 is 0 Å². The first-order chi connectivity index (χ1) is 5.52. The monoisotopic (exact) mass is 207 g/mol. The summed E-state index contributed by atoms with van der Waals surface area (Å²) in [4.78, 5) is 2.20. The van der Waals surface area contributed by atoms with Gasteiger partial charge in [0, 0.05) is 25.7 Å². The maximum atomic E-state index is 8.82. The SMILES string of the molecule is C.C.COCCN(CCO)C(C)(C)C. The van der Waals surface area contributed by atoms with Gasteiger partial charge in [-0.15, -0.1) is 0 Å². The molecule has 0 saturated heterocycles. The number of β-amino-alcohol motifs (C(OH)–C–C–N with tert-alkyl or cyclic N) is 1. The van der Waals surface area contributed by atoms with Crippen LogP contribution in [-0.2, 0) is 4.74 Å². The summed E-state index contributed by atoms with van der Waals surface area (Å²) < 4.78 is 4.99. The second-order valence-electron chi connectivity index (χ2n) is 3.87. The van der Waals surface area contributed by atoms with Crippen molar-refractivity contribution in [1.82, 2.24) is 4.90 Å². The molecule has 0 heterocycles. The maximum absolute atomic E-state index is 8.82. The normalized spacial score (nSPS) is 10.7. The lowest BCUT2D eigenvalue weighted by molar-refractivity contribution is 0.0704. The Morgan fingerprint density at radius 2 is 1.64 bits per heavy atom. The Balaban J connectivity index is -0.000000605. The first kappa shape index (κ1) is 19.5. The molecule has 0 aromatic rings. The second kappa shape index (κ2) is 9.44. The highest BCUT2D eigenvalue weighted by Crippen LogP contribution is 2.11. The maximum Gasteiger partial charge on any atom is 0.0589 e. The summed E-state index contributed by atoms with van der Waals surface area (Å²) >= 11 is 0. The fourth-order valence-corrected chi connectivity index (χ4v) is 1.10. The van der Waals surface area contributed by atoms with Gasteiger partial charge in [-0.2, -0.15) is 0 Å². The van der Waals surface area contributed by atoms with Crippen molar-refractivity contribution in [3.63, 3.8) is 0 Å². The lowest BCUT2D eigenvalue weighted by atomic mass is 10.1. The molecule has 0 radical (unpaired) electrons. The number of methoxy groups -OCH3 is 1. The summed E-state index contributed by atoms with van der Waals surface area (Å²) in [6.45, 7) is 8.93. The van der Waals surface area contributed by atoms with Crippen molar-refractivity contribution in [3.8, 4) is 0 Å². The molecule has 0 spiro atoms. The Morgan fingerprint density at radius 1 is 1.14 bits per heavy atom.